The Hall–Kier alpha value is -1.66. The number of nitrogen functional groups attached to an aromatic ring is 1. The number of benzene rings is 1. The van der Waals surface area contributed by atoms with Gasteiger partial charge in [0.15, 0.2) is 0 Å². The van der Waals surface area contributed by atoms with E-state index >= 15 is 0 Å². The Labute approximate surface area is 93.2 Å². The fraction of sp³-hybridized carbons (Fsp3) is 0.182. The molecule has 0 aliphatic carbocycles. The lowest BCUT2D eigenvalue weighted by Gasteiger charge is -1.96. The van der Waals surface area contributed by atoms with Crippen LogP contribution in [0.25, 0.3) is 0 Å². The van der Waals surface area contributed by atoms with E-state index in [-0.39, 0.29) is 12.4 Å². The lowest BCUT2D eigenvalue weighted by Crippen LogP contribution is -1.97. The molecule has 1 aromatic carbocycles. The number of ether oxygens (including phenoxy) is 1. The average Bonchev–Trinajstić information content (AvgIpc) is 2.23. The van der Waals surface area contributed by atoms with E-state index < -0.39 is 0 Å². The number of nitrogens with two attached hydrogens (primary N) is 1. The first-order valence-electron chi connectivity index (χ1n) is 4.24. The van der Waals surface area contributed by atoms with Gasteiger partial charge in [0.1, 0.15) is 6.42 Å². The van der Waals surface area contributed by atoms with Crippen molar-refractivity contribution in [3.8, 4) is 11.8 Å². The van der Waals surface area contributed by atoms with Crippen LogP contribution >= 0.6 is 11.6 Å². The van der Waals surface area contributed by atoms with Crippen LogP contribution in [-0.2, 0) is 9.53 Å². The van der Waals surface area contributed by atoms with E-state index in [1.54, 1.807) is 18.2 Å². The predicted octanol–water partition coefficient (Wildman–Crippen LogP) is 1.84. The third kappa shape index (κ3) is 3.53. The van der Waals surface area contributed by atoms with Gasteiger partial charge in [-0.25, -0.2) is 0 Å². The van der Waals surface area contributed by atoms with Gasteiger partial charge in [-0.1, -0.05) is 23.4 Å². The van der Waals surface area contributed by atoms with Crippen LogP contribution in [0.15, 0.2) is 18.2 Å². The Morgan fingerprint density at radius 1 is 1.60 bits per heavy atom. The van der Waals surface area contributed by atoms with Gasteiger partial charge >= 0.3 is 5.97 Å². The van der Waals surface area contributed by atoms with Gasteiger partial charge in [-0.15, -0.1) is 0 Å². The summed E-state index contributed by atoms with van der Waals surface area (Å²) in [6.45, 7) is 0. The molecule has 78 valence electrons. The van der Waals surface area contributed by atoms with Crippen molar-refractivity contribution < 1.29 is 9.53 Å². The van der Waals surface area contributed by atoms with Crippen molar-refractivity contribution in [2.75, 3.05) is 12.8 Å². The SMILES string of the molecule is COC(=O)CC#Cc1ccc(Cl)c(N)c1. The topological polar surface area (TPSA) is 52.3 Å². The van der Waals surface area contributed by atoms with E-state index in [1.807, 2.05) is 0 Å². The second-order valence-corrected chi connectivity index (χ2v) is 3.20. The summed E-state index contributed by atoms with van der Waals surface area (Å²) < 4.78 is 4.44. The number of anilines is 1. The molecule has 0 bridgehead atoms. The Kier molecular flexibility index (Phi) is 4.02. The second-order valence-electron chi connectivity index (χ2n) is 2.79. The first-order chi connectivity index (χ1) is 7.13. The van der Waals surface area contributed by atoms with Crippen molar-refractivity contribution in [3.05, 3.63) is 28.8 Å². The molecule has 1 rings (SSSR count). The minimum atomic E-state index is -0.357. The van der Waals surface area contributed by atoms with E-state index in [0.717, 1.165) is 5.56 Å². The van der Waals surface area contributed by atoms with Crippen LogP contribution in [0.1, 0.15) is 12.0 Å². The van der Waals surface area contributed by atoms with Crippen molar-refractivity contribution in [2.45, 2.75) is 6.42 Å². The number of hydrogen-bond donors (Lipinski definition) is 1. The molecule has 0 spiro atoms. The molecule has 2 N–H and O–H groups in total. The number of carbonyl (C=O) groups excluding carboxylic acids is 1. The number of carbonyl (C=O) groups is 1. The standard InChI is InChI=1S/C11H10ClNO2/c1-15-11(14)4-2-3-8-5-6-9(12)10(13)7-8/h5-7H,4,13H2,1H3. The molecule has 1 aromatic rings. The first-order valence-corrected chi connectivity index (χ1v) is 4.62. The van der Waals surface area contributed by atoms with Crippen molar-refractivity contribution in [3.63, 3.8) is 0 Å². The first kappa shape index (κ1) is 11.4. The molecule has 0 aliphatic heterocycles. The van der Waals surface area contributed by atoms with E-state index in [1.165, 1.54) is 7.11 Å². The van der Waals surface area contributed by atoms with E-state index in [9.17, 15) is 4.79 Å². The second kappa shape index (κ2) is 5.28. The summed E-state index contributed by atoms with van der Waals surface area (Å²) in [4.78, 5) is 10.8. The summed E-state index contributed by atoms with van der Waals surface area (Å²) in [5.74, 6) is 5.11. The molecule has 0 radical (unpaired) electrons. The van der Waals surface area contributed by atoms with Gasteiger partial charge in [-0.2, -0.15) is 0 Å². The number of hydrogen-bond acceptors (Lipinski definition) is 3. The Morgan fingerprint density at radius 2 is 2.33 bits per heavy atom. The zero-order chi connectivity index (χ0) is 11.3. The highest BCUT2D eigenvalue weighted by atomic mass is 35.5. The van der Waals surface area contributed by atoms with Gasteiger partial charge in [-0.05, 0) is 18.2 Å². The molecular weight excluding hydrogens is 214 g/mol. The molecular formula is C11H10ClNO2. The van der Waals surface area contributed by atoms with Crippen LogP contribution in [0.4, 0.5) is 5.69 Å². The lowest BCUT2D eigenvalue weighted by molar-refractivity contribution is -0.139. The highest BCUT2D eigenvalue weighted by Gasteiger charge is 1.96. The minimum Gasteiger partial charge on any atom is -0.468 e. The quantitative estimate of drug-likeness (QED) is 0.449. The summed E-state index contributed by atoms with van der Waals surface area (Å²) in [5, 5.41) is 0.494. The van der Waals surface area contributed by atoms with Gasteiger partial charge in [-0.3, -0.25) is 4.79 Å². The molecule has 15 heavy (non-hydrogen) atoms. The Morgan fingerprint density at radius 3 is 2.93 bits per heavy atom. The van der Waals surface area contributed by atoms with Gasteiger partial charge in [0.2, 0.25) is 0 Å². The molecule has 4 heteroatoms. The van der Waals surface area contributed by atoms with Crippen molar-refractivity contribution in [1.82, 2.24) is 0 Å². The molecule has 0 aliphatic rings. The zero-order valence-electron chi connectivity index (χ0n) is 8.21. The van der Waals surface area contributed by atoms with E-state index in [2.05, 4.69) is 16.6 Å². The van der Waals surface area contributed by atoms with Crippen LogP contribution in [-0.4, -0.2) is 13.1 Å². The maximum atomic E-state index is 10.8. The summed E-state index contributed by atoms with van der Waals surface area (Å²) in [6, 6.07) is 5.06. The van der Waals surface area contributed by atoms with Crippen LogP contribution in [0.5, 0.6) is 0 Å². The molecule has 0 atom stereocenters. The molecule has 0 heterocycles. The van der Waals surface area contributed by atoms with Crippen LogP contribution in [0, 0.1) is 11.8 Å². The number of esters is 1. The van der Waals surface area contributed by atoms with Crippen LogP contribution in [0.2, 0.25) is 5.02 Å². The van der Waals surface area contributed by atoms with Crippen LogP contribution in [0.3, 0.4) is 0 Å². The van der Waals surface area contributed by atoms with E-state index in [0.29, 0.717) is 10.7 Å². The maximum Gasteiger partial charge on any atom is 0.317 e. The third-order valence-corrected chi connectivity index (χ3v) is 2.03. The van der Waals surface area contributed by atoms with Gasteiger partial charge < -0.3 is 10.5 Å². The third-order valence-electron chi connectivity index (χ3n) is 1.69. The van der Waals surface area contributed by atoms with Crippen molar-refractivity contribution >= 4 is 23.3 Å². The van der Waals surface area contributed by atoms with Crippen LogP contribution < -0.4 is 5.73 Å². The molecule has 0 amide bonds. The lowest BCUT2D eigenvalue weighted by atomic mass is 10.2. The predicted molar refractivity (Wildman–Crippen MR) is 59.4 cm³/mol. The zero-order valence-corrected chi connectivity index (χ0v) is 8.97. The van der Waals surface area contributed by atoms with Crippen molar-refractivity contribution in [2.24, 2.45) is 0 Å². The number of methoxy groups -OCH3 is 1. The minimum absolute atomic E-state index is 0.0685. The van der Waals surface area contributed by atoms with Crippen molar-refractivity contribution in [1.29, 1.82) is 0 Å². The molecule has 3 nitrogen and oxygen atoms in total. The molecule has 0 unspecified atom stereocenters. The summed E-state index contributed by atoms with van der Waals surface area (Å²) in [5.41, 5.74) is 6.78. The van der Waals surface area contributed by atoms with Gasteiger partial charge in [0.05, 0.1) is 17.8 Å². The maximum absolute atomic E-state index is 10.8. The molecule has 0 saturated heterocycles. The fourth-order valence-corrected chi connectivity index (χ4v) is 1.03. The monoisotopic (exact) mass is 223 g/mol. The number of rotatable bonds is 1. The molecule has 0 aromatic heterocycles. The smallest absolute Gasteiger partial charge is 0.317 e. The Balaban J connectivity index is 2.72. The van der Waals surface area contributed by atoms with Gasteiger partial charge in [0, 0.05) is 5.56 Å². The fourth-order valence-electron chi connectivity index (χ4n) is 0.912. The molecule has 0 saturated carbocycles. The summed E-state index contributed by atoms with van der Waals surface area (Å²) in [6.07, 6.45) is 0.0685. The average molecular weight is 224 g/mol. The largest absolute Gasteiger partial charge is 0.468 e. The highest BCUT2D eigenvalue weighted by molar-refractivity contribution is 6.33. The summed E-state index contributed by atoms with van der Waals surface area (Å²) in [7, 11) is 1.32. The Bertz CT molecular complexity index is 432. The molecule has 0 fully saturated rings. The van der Waals surface area contributed by atoms with Gasteiger partial charge in [0.25, 0.3) is 0 Å². The normalized spacial score (nSPS) is 8.93. The van der Waals surface area contributed by atoms with E-state index in [4.69, 9.17) is 17.3 Å². The number of halogens is 1. The summed E-state index contributed by atoms with van der Waals surface area (Å²) >= 11 is 5.74. The highest BCUT2D eigenvalue weighted by Crippen LogP contribution is 2.18.